The van der Waals surface area contributed by atoms with Crippen LogP contribution >= 0.6 is 0 Å². The quantitative estimate of drug-likeness (QED) is 0.580. The molecule has 0 radical (unpaired) electrons. The van der Waals surface area contributed by atoms with E-state index >= 15 is 0 Å². The van der Waals surface area contributed by atoms with Crippen LogP contribution in [0.3, 0.4) is 0 Å². The van der Waals surface area contributed by atoms with Crippen molar-refractivity contribution in [1.82, 2.24) is 9.88 Å². The van der Waals surface area contributed by atoms with E-state index in [1.807, 2.05) is 49.4 Å². The van der Waals surface area contributed by atoms with Crippen LogP contribution in [0.1, 0.15) is 22.8 Å². The van der Waals surface area contributed by atoms with Crippen molar-refractivity contribution in [3.05, 3.63) is 70.0 Å². The number of carbonyl (C=O) groups is 1. The molecule has 1 aliphatic rings. The lowest BCUT2D eigenvalue weighted by molar-refractivity contribution is 0.104. The van der Waals surface area contributed by atoms with Gasteiger partial charge in [-0.05, 0) is 13.0 Å². The first-order valence-corrected chi connectivity index (χ1v) is 8.77. The Bertz CT molecular complexity index is 1070. The van der Waals surface area contributed by atoms with E-state index < -0.39 is 0 Å². The van der Waals surface area contributed by atoms with E-state index in [1.165, 1.54) is 0 Å². The van der Waals surface area contributed by atoms with Crippen LogP contribution in [-0.2, 0) is 6.54 Å². The van der Waals surface area contributed by atoms with Gasteiger partial charge in [0.15, 0.2) is 5.78 Å². The van der Waals surface area contributed by atoms with Crippen molar-refractivity contribution in [1.29, 1.82) is 0 Å². The van der Waals surface area contributed by atoms with Gasteiger partial charge in [0.2, 0.25) is 0 Å². The maximum absolute atomic E-state index is 13.2. The SMILES string of the molecule is CC(Cn1c2c(c3ccccc3c1=O)C(=O)c1ccccc1-2)NCCO. The van der Waals surface area contributed by atoms with Gasteiger partial charge in [-0.15, -0.1) is 0 Å². The van der Waals surface area contributed by atoms with Crippen LogP contribution in [0.25, 0.3) is 22.0 Å². The van der Waals surface area contributed by atoms with E-state index in [9.17, 15) is 9.59 Å². The van der Waals surface area contributed by atoms with Crippen molar-refractivity contribution in [2.45, 2.75) is 19.5 Å². The first kappa shape index (κ1) is 16.7. The highest BCUT2D eigenvalue weighted by molar-refractivity contribution is 6.26. The molecule has 1 unspecified atom stereocenters. The van der Waals surface area contributed by atoms with Gasteiger partial charge < -0.3 is 15.0 Å². The van der Waals surface area contributed by atoms with E-state index in [0.29, 0.717) is 40.7 Å². The molecule has 3 aromatic rings. The molecule has 26 heavy (non-hydrogen) atoms. The van der Waals surface area contributed by atoms with Crippen LogP contribution in [-0.4, -0.2) is 34.7 Å². The molecule has 1 atom stereocenters. The molecule has 0 saturated carbocycles. The number of rotatable bonds is 5. The zero-order valence-electron chi connectivity index (χ0n) is 14.5. The minimum absolute atomic E-state index is 0.0204. The van der Waals surface area contributed by atoms with Crippen LogP contribution in [0.2, 0.25) is 0 Å². The van der Waals surface area contributed by atoms with Crippen molar-refractivity contribution in [2.75, 3.05) is 13.2 Å². The molecule has 1 aliphatic carbocycles. The van der Waals surface area contributed by atoms with Gasteiger partial charge in [0.05, 0.1) is 17.9 Å². The predicted octanol–water partition coefficient (Wildman–Crippen LogP) is 2.18. The predicted molar refractivity (Wildman–Crippen MR) is 102 cm³/mol. The third-order valence-corrected chi connectivity index (χ3v) is 4.89. The fourth-order valence-corrected chi connectivity index (χ4v) is 3.75. The van der Waals surface area contributed by atoms with Crippen LogP contribution in [0.4, 0.5) is 0 Å². The van der Waals surface area contributed by atoms with E-state index in [-0.39, 0.29) is 24.0 Å². The lowest BCUT2D eigenvalue weighted by atomic mass is 10.0. The zero-order valence-corrected chi connectivity index (χ0v) is 14.5. The van der Waals surface area contributed by atoms with Crippen molar-refractivity contribution in [2.24, 2.45) is 0 Å². The molecule has 1 aromatic heterocycles. The number of nitrogens with zero attached hydrogens (tertiary/aromatic N) is 1. The van der Waals surface area contributed by atoms with Crippen molar-refractivity contribution in [3.8, 4) is 11.3 Å². The summed E-state index contributed by atoms with van der Waals surface area (Å²) < 4.78 is 1.70. The fraction of sp³-hybridized carbons (Fsp3) is 0.238. The summed E-state index contributed by atoms with van der Waals surface area (Å²) in [7, 11) is 0. The van der Waals surface area contributed by atoms with Gasteiger partial charge in [-0.25, -0.2) is 0 Å². The number of aliphatic hydroxyl groups is 1. The number of carbonyl (C=O) groups excluding carboxylic acids is 1. The number of hydrogen-bond donors (Lipinski definition) is 2. The second kappa shape index (κ2) is 6.52. The minimum atomic E-state index is -0.0958. The summed E-state index contributed by atoms with van der Waals surface area (Å²) in [6, 6.07) is 14.7. The molecule has 0 aliphatic heterocycles. The Labute approximate surface area is 150 Å². The molecule has 2 N–H and O–H groups in total. The summed E-state index contributed by atoms with van der Waals surface area (Å²) >= 11 is 0. The Kier molecular flexibility index (Phi) is 4.18. The van der Waals surface area contributed by atoms with Gasteiger partial charge in [0, 0.05) is 41.0 Å². The van der Waals surface area contributed by atoms with Crippen LogP contribution < -0.4 is 10.9 Å². The molecule has 0 bridgehead atoms. The summed E-state index contributed by atoms with van der Waals surface area (Å²) in [5.74, 6) is -0.0310. The molecule has 0 fully saturated rings. The number of aliphatic hydroxyl groups excluding tert-OH is 1. The number of pyridine rings is 1. The molecule has 4 rings (SSSR count). The zero-order chi connectivity index (χ0) is 18.3. The summed E-state index contributed by atoms with van der Waals surface area (Å²) in [6.45, 7) is 2.89. The summed E-state index contributed by atoms with van der Waals surface area (Å²) in [6.07, 6.45) is 0. The minimum Gasteiger partial charge on any atom is -0.395 e. The highest BCUT2D eigenvalue weighted by Gasteiger charge is 2.32. The average molecular weight is 348 g/mol. The smallest absolute Gasteiger partial charge is 0.258 e. The standard InChI is InChI=1S/C21H20N2O3/c1-13(22-10-11-24)12-23-19-15-7-3-4-8-16(15)20(25)18(19)14-6-2-5-9-17(14)21(23)26/h2-9,13,22,24H,10-12H2,1H3. The first-order valence-electron chi connectivity index (χ1n) is 8.77. The van der Waals surface area contributed by atoms with Crippen molar-refractivity contribution in [3.63, 3.8) is 0 Å². The van der Waals surface area contributed by atoms with Gasteiger partial charge in [0.1, 0.15) is 0 Å². The Hall–Kier alpha value is -2.76. The molecular formula is C21H20N2O3. The van der Waals surface area contributed by atoms with Crippen LogP contribution in [0, 0.1) is 0 Å². The Morgan fingerprint density at radius 3 is 2.38 bits per heavy atom. The first-order chi connectivity index (χ1) is 12.6. The van der Waals surface area contributed by atoms with E-state index in [4.69, 9.17) is 5.11 Å². The molecule has 132 valence electrons. The number of aromatic nitrogens is 1. The molecule has 1 heterocycles. The normalized spacial score (nSPS) is 13.7. The summed E-state index contributed by atoms with van der Waals surface area (Å²) in [4.78, 5) is 26.2. The van der Waals surface area contributed by atoms with Gasteiger partial charge in [0.25, 0.3) is 5.56 Å². The van der Waals surface area contributed by atoms with Crippen molar-refractivity contribution >= 4 is 16.6 Å². The van der Waals surface area contributed by atoms with E-state index in [2.05, 4.69) is 5.32 Å². The molecule has 5 heteroatoms. The Morgan fingerprint density at radius 1 is 1.00 bits per heavy atom. The molecule has 0 amide bonds. The second-order valence-corrected chi connectivity index (χ2v) is 6.64. The van der Waals surface area contributed by atoms with Crippen LogP contribution in [0.15, 0.2) is 53.3 Å². The van der Waals surface area contributed by atoms with Gasteiger partial charge in [-0.1, -0.05) is 42.5 Å². The monoisotopic (exact) mass is 348 g/mol. The van der Waals surface area contributed by atoms with E-state index in [0.717, 1.165) is 5.56 Å². The molecule has 2 aromatic carbocycles. The van der Waals surface area contributed by atoms with Gasteiger partial charge in [-0.3, -0.25) is 9.59 Å². The maximum atomic E-state index is 13.2. The number of hydrogen-bond acceptors (Lipinski definition) is 4. The number of nitrogens with one attached hydrogen (secondary N) is 1. The highest BCUT2D eigenvalue weighted by atomic mass is 16.3. The van der Waals surface area contributed by atoms with Crippen LogP contribution in [0.5, 0.6) is 0 Å². The highest BCUT2D eigenvalue weighted by Crippen LogP contribution is 2.39. The number of ketones is 1. The summed E-state index contributed by atoms with van der Waals surface area (Å²) in [5.41, 5.74) is 2.66. The lowest BCUT2D eigenvalue weighted by Gasteiger charge is -2.19. The van der Waals surface area contributed by atoms with Gasteiger partial charge >= 0.3 is 0 Å². The lowest BCUT2D eigenvalue weighted by Crippen LogP contribution is -2.36. The maximum Gasteiger partial charge on any atom is 0.258 e. The molecular weight excluding hydrogens is 328 g/mol. The average Bonchev–Trinajstić information content (AvgIpc) is 2.96. The third kappa shape index (κ3) is 2.48. The fourth-order valence-electron chi connectivity index (χ4n) is 3.75. The van der Waals surface area contributed by atoms with Crippen molar-refractivity contribution < 1.29 is 9.90 Å². The van der Waals surface area contributed by atoms with E-state index in [1.54, 1.807) is 10.6 Å². The van der Waals surface area contributed by atoms with Gasteiger partial charge in [-0.2, -0.15) is 0 Å². The topological polar surface area (TPSA) is 71.3 Å². The molecule has 5 nitrogen and oxygen atoms in total. The summed E-state index contributed by atoms with van der Waals surface area (Å²) in [5, 5.41) is 13.5. The Balaban J connectivity index is 2.00. The number of benzene rings is 2. The Morgan fingerprint density at radius 2 is 1.65 bits per heavy atom. The second-order valence-electron chi connectivity index (χ2n) is 6.64. The molecule has 0 spiro atoms. The third-order valence-electron chi connectivity index (χ3n) is 4.89. The largest absolute Gasteiger partial charge is 0.395 e. The molecule has 0 saturated heterocycles. The number of fused-ring (bicyclic) bond motifs is 5.